The second-order valence-corrected chi connectivity index (χ2v) is 4.81. The van der Waals surface area contributed by atoms with Crippen LogP contribution in [0.25, 0.3) is 0 Å². The van der Waals surface area contributed by atoms with Gasteiger partial charge in [-0.1, -0.05) is 0 Å². The van der Waals surface area contributed by atoms with E-state index in [-0.39, 0.29) is 5.78 Å². The Morgan fingerprint density at radius 1 is 1.40 bits per heavy atom. The van der Waals surface area contributed by atoms with Crippen molar-refractivity contribution in [3.05, 3.63) is 23.8 Å². The maximum Gasteiger partial charge on any atom is 0.164 e. The van der Waals surface area contributed by atoms with Gasteiger partial charge in [0, 0.05) is 31.6 Å². The van der Waals surface area contributed by atoms with E-state index in [1.807, 2.05) is 6.92 Å². The lowest BCUT2D eigenvalue weighted by molar-refractivity contribution is 0.0370. The predicted octanol–water partition coefficient (Wildman–Crippen LogP) is 1.57. The van der Waals surface area contributed by atoms with E-state index in [1.54, 1.807) is 18.2 Å². The van der Waals surface area contributed by atoms with E-state index in [9.17, 15) is 4.79 Å². The number of hydrogen-bond acceptors (Lipinski definition) is 5. The van der Waals surface area contributed by atoms with Gasteiger partial charge in [-0.05, 0) is 25.1 Å². The fourth-order valence-electron chi connectivity index (χ4n) is 2.24. The Morgan fingerprint density at radius 2 is 2.15 bits per heavy atom. The van der Waals surface area contributed by atoms with Gasteiger partial charge in [0.05, 0.1) is 25.5 Å². The highest BCUT2D eigenvalue weighted by Gasteiger charge is 2.14. The highest BCUT2D eigenvalue weighted by molar-refractivity contribution is 5.97. The van der Waals surface area contributed by atoms with Gasteiger partial charge in [-0.25, -0.2) is 0 Å². The van der Waals surface area contributed by atoms with Crippen LogP contribution < -0.4 is 10.5 Å². The van der Waals surface area contributed by atoms with Gasteiger partial charge in [-0.3, -0.25) is 9.69 Å². The number of nitrogens with zero attached hydrogens (tertiary/aromatic N) is 1. The molecule has 0 bridgehead atoms. The SMILES string of the molecule is CCOc1ccc(C(=O)CCN2CCOCC2)cc1N. The lowest BCUT2D eigenvalue weighted by Crippen LogP contribution is -2.37. The number of anilines is 1. The van der Waals surface area contributed by atoms with Crippen LogP contribution in [0, 0.1) is 0 Å². The van der Waals surface area contributed by atoms with Gasteiger partial charge < -0.3 is 15.2 Å². The molecular weight excluding hydrogens is 256 g/mol. The monoisotopic (exact) mass is 278 g/mol. The molecule has 2 rings (SSSR count). The third-order valence-electron chi connectivity index (χ3n) is 3.39. The van der Waals surface area contributed by atoms with Gasteiger partial charge >= 0.3 is 0 Å². The molecule has 1 aliphatic rings. The first kappa shape index (κ1) is 14.8. The van der Waals surface area contributed by atoms with E-state index in [0.717, 1.165) is 32.8 Å². The molecule has 0 unspecified atom stereocenters. The molecule has 5 heteroatoms. The summed E-state index contributed by atoms with van der Waals surface area (Å²) in [4.78, 5) is 14.4. The van der Waals surface area contributed by atoms with Crippen molar-refractivity contribution in [2.45, 2.75) is 13.3 Å². The van der Waals surface area contributed by atoms with E-state index in [1.165, 1.54) is 0 Å². The van der Waals surface area contributed by atoms with Crippen LogP contribution in [0.5, 0.6) is 5.75 Å². The van der Waals surface area contributed by atoms with Crippen molar-refractivity contribution in [1.82, 2.24) is 4.90 Å². The number of ether oxygens (including phenoxy) is 2. The summed E-state index contributed by atoms with van der Waals surface area (Å²) in [5, 5.41) is 0. The van der Waals surface area contributed by atoms with Gasteiger partial charge in [-0.2, -0.15) is 0 Å². The van der Waals surface area contributed by atoms with Gasteiger partial charge in [0.25, 0.3) is 0 Å². The fraction of sp³-hybridized carbons (Fsp3) is 0.533. The minimum atomic E-state index is 0.117. The molecule has 0 atom stereocenters. The van der Waals surface area contributed by atoms with Crippen LogP contribution >= 0.6 is 0 Å². The minimum Gasteiger partial charge on any atom is -0.492 e. The lowest BCUT2D eigenvalue weighted by atomic mass is 10.1. The van der Waals surface area contributed by atoms with Crippen molar-refractivity contribution >= 4 is 11.5 Å². The van der Waals surface area contributed by atoms with E-state index >= 15 is 0 Å². The molecule has 1 saturated heterocycles. The summed E-state index contributed by atoms with van der Waals surface area (Å²) < 4.78 is 10.7. The average Bonchev–Trinajstić information content (AvgIpc) is 2.48. The quantitative estimate of drug-likeness (QED) is 0.632. The molecule has 20 heavy (non-hydrogen) atoms. The molecule has 0 spiro atoms. The first-order valence-electron chi connectivity index (χ1n) is 7.06. The molecule has 110 valence electrons. The fourth-order valence-corrected chi connectivity index (χ4v) is 2.24. The number of nitrogen functional groups attached to an aromatic ring is 1. The maximum absolute atomic E-state index is 12.2. The van der Waals surface area contributed by atoms with Crippen LogP contribution in [0.15, 0.2) is 18.2 Å². The average molecular weight is 278 g/mol. The largest absolute Gasteiger partial charge is 0.492 e. The smallest absolute Gasteiger partial charge is 0.164 e. The van der Waals surface area contributed by atoms with Crippen LogP contribution in [-0.2, 0) is 4.74 Å². The Bertz CT molecular complexity index is 456. The van der Waals surface area contributed by atoms with Crippen LogP contribution in [-0.4, -0.2) is 50.1 Å². The number of nitrogens with two attached hydrogens (primary N) is 1. The zero-order valence-electron chi connectivity index (χ0n) is 11.9. The molecule has 1 heterocycles. The number of ketones is 1. The molecule has 0 aromatic heterocycles. The number of hydrogen-bond donors (Lipinski definition) is 1. The van der Waals surface area contributed by atoms with Crippen LogP contribution in [0.1, 0.15) is 23.7 Å². The number of rotatable bonds is 6. The third kappa shape index (κ3) is 3.95. The van der Waals surface area contributed by atoms with Gasteiger partial charge in [0.2, 0.25) is 0 Å². The van der Waals surface area contributed by atoms with Crippen molar-refractivity contribution in [2.75, 3.05) is 45.2 Å². The summed E-state index contributed by atoms with van der Waals surface area (Å²) in [6.07, 6.45) is 0.507. The maximum atomic E-state index is 12.2. The number of carbonyl (C=O) groups is 1. The molecule has 0 aliphatic carbocycles. The van der Waals surface area contributed by atoms with Crippen molar-refractivity contribution in [1.29, 1.82) is 0 Å². The molecule has 0 radical (unpaired) electrons. The molecular formula is C15H22N2O3. The normalized spacial score (nSPS) is 16.1. The van der Waals surface area contributed by atoms with Gasteiger partial charge in [0.15, 0.2) is 5.78 Å². The second-order valence-electron chi connectivity index (χ2n) is 4.81. The molecule has 1 aromatic rings. The first-order valence-corrected chi connectivity index (χ1v) is 7.06. The number of morpholine rings is 1. The molecule has 5 nitrogen and oxygen atoms in total. The first-order chi connectivity index (χ1) is 9.70. The molecule has 1 aromatic carbocycles. The summed E-state index contributed by atoms with van der Waals surface area (Å²) in [5.74, 6) is 0.753. The summed E-state index contributed by atoms with van der Waals surface area (Å²) in [6, 6.07) is 5.25. The van der Waals surface area contributed by atoms with Crippen molar-refractivity contribution in [2.24, 2.45) is 0 Å². The topological polar surface area (TPSA) is 64.8 Å². The Kier molecular flexibility index (Phi) is 5.38. The zero-order valence-corrected chi connectivity index (χ0v) is 11.9. The minimum absolute atomic E-state index is 0.117. The Balaban J connectivity index is 1.89. The highest BCUT2D eigenvalue weighted by atomic mass is 16.5. The summed E-state index contributed by atoms with van der Waals surface area (Å²) >= 11 is 0. The molecule has 1 fully saturated rings. The molecule has 0 saturated carbocycles. The van der Waals surface area contributed by atoms with Crippen LogP contribution in [0.4, 0.5) is 5.69 Å². The number of carbonyl (C=O) groups excluding carboxylic acids is 1. The van der Waals surface area contributed by atoms with E-state index < -0.39 is 0 Å². The summed E-state index contributed by atoms with van der Waals surface area (Å²) in [6.45, 7) is 6.55. The van der Waals surface area contributed by atoms with E-state index in [4.69, 9.17) is 15.2 Å². The van der Waals surface area contributed by atoms with Gasteiger partial charge in [0.1, 0.15) is 5.75 Å². The molecule has 1 aliphatic heterocycles. The lowest BCUT2D eigenvalue weighted by Gasteiger charge is -2.26. The van der Waals surface area contributed by atoms with Crippen molar-refractivity contribution < 1.29 is 14.3 Å². The standard InChI is InChI=1S/C15H22N2O3/c1-2-20-15-4-3-12(11-13(15)16)14(18)5-6-17-7-9-19-10-8-17/h3-4,11H,2,5-10,16H2,1H3. The Labute approximate surface area is 119 Å². The molecule has 2 N–H and O–H groups in total. The summed E-state index contributed by atoms with van der Waals surface area (Å²) in [5.41, 5.74) is 7.05. The Morgan fingerprint density at radius 3 is 2.80 bits per heavy atom. The van der Waals surface area contributed by atoms with Crippen molar-refractivity contribution in [3.8, 4) is 5.75 Å². The van der Waals surface area contributed by atoms with Crippen LogP contribution in [0.2, 0.25) is 0 Å². The van der Waals surface area contributed by atoms with Gasteiger partial charge in [-0.15, -0.1) is 0 Å². The highest BCUT2D eigenvalue weighted by Crippen LogP contribution is 2.23. The zero-order chi connectivity index (χ0) is 14.4. The van der Waals surface area contributed by atoms with E-state index in [2.05, 4.69) is 4.90 Å². The number of Topliss-reactive ketones (excluding diaryl/α,β-unsaturated/α-hetero) is 1. The number of benzene rings is 1. The third-order valence-corrected chi connectivity index (χ3v) is 3.39. The van der Waals surface area contributed by atoms with Crippen molar-refractivity contribution in [3.63, 3.8) is 0 Å². The van der Waals surface area contributed by atoms with Crippen LogP contribution in [0.3, 0.4) is 0 Å². The Hall–Kier alpha value is -1.59. The van der Waals surface area contributed by atoms with E-state index in [0.29, 0.717) is 30.0 Å². The second kappa shape index (κ2) is 7.26. The summed E-state index contributed by atoms with van der Waals surface area (Å²) in [7, 11) is 0. The molecule has 0 amide bonds. The predicted molar refractivity (Wildman–Crippen MR) is 78.2 cm³/mol.